The summed E-state index contributed by atoms with van der Waals surface area (Å²) in [7, 11) is 3.06. The summed E-state index contributed by atoms with van der Waals surface area (Å²) in [6, 6.07) is 10.5. The van der Waals surface area contributed by atoms with Crippen molar-refractivity contribution in [2.75, 3.05) is 20.8 Å². The largest absolute Gasteiger partial charge is 0.496 e. The van der Waals surface area contributed by atoms with Gasteiger partial charge in [0.2, 0.25) is 0 Å². The Bertz CT molecular complexity index is 1170. The summed E-state index contributed by atoms with van der Waals surface area (Å²) >= 11 is 0. The summed E-state index contributed by atoms with van der Waals surface area (Å²) < 4.78 is 11.1. The molecule has 1 heterocycles. The van der Waals surface area contributed by atoms with Crippen LogP contribution in [0.5, 0.6) is 11.5 Å². The Labute approximate surface area is 192 Å². The predicted octanol–water partition coefficient (Wildman–Crippen LogP) is 4.50. The van der Waals surface area contributed by atoms with E-state index in [4.69, 9.17) is 9.47 Å². The van der Waals surface area contributed by atoms with Gasteiger partial charge < -0.3 is 19.9 Å². The number of H-pyrrole nitrogens is 1. The zero-order valence-corrected chi connectivity index (χ0v) is 19.1. The normalized spacial score (nSPS) is 10.7. The van der Waals surface area contributed by atoms with Gasteiger partial charge in [-0.3, -0.25) is 9.89 Å². The van der Waals surface area contributed by atoms with Crippen LogP contribution in [0.25, 0.3) is 22.4 Å². The van der Waals surface area contributed by atoms with E-state index in [-0.39, 0.29) is 17.5 Å². The van der Waals surface area contributed by atoms with Gasteiger partial charge >= 0.3 is 5.97 Å². The molecule has 3 N–H and O–H groups in total. The fraction of sp³-hybridized carbons (Fsp3) is 0.240. The van der Waals surface area contributed by atoms with E-state index in [2.05, 4.69) is 22.1 Å². The summed E-state index contributed by atoms with van der Waals surface area (Å²) in [6.45, 7) is 7.92. The Morgan fingerprint density at radius 2 is 1.82 bits per heavy atom. The number of methoxy groups -OCH3 is 2. The standard InChI is InChI=1S/C25H27N3O5/c1-6-12-26-24(29)15-10-11-16(17(13-15)14(2)3)20-22(27-28-23(20)25(30)31)21-18(32-4)8-7-9-19(21)33-5/h6-11,13-14H,1,12H2,2-5H3,(H,26,29)(H,27,28)(H,30,31). The first-order valence-electron chi connectivity index (χ1n) is 10.4. The monoisotopic (exact) mass is 449 g/mol. The Hall–Kier alpha value is -4.07. The van der Waals surface area contributed by atoms with E-state index in [1.165, 1.54) is 14.2 Å². The quantitative estimate of drug-likeness (QED) is 0.415. The molecule has 0 aliphatic carbocycles. The van der Waals surface area contributed by atoms with Crippen LogP contribution >= 0.6 is 0 Å². The zero-order valence-electron chi connectivity index (χ0n) is 19.1. The van der Waals surface area contributed by atoms with Crippen LogP contribution in [0, 0.1) is 0 Å². The number of carbonyl (C=O) groups excluding carboxylic acids is 1. The summed E-state index contributed by atoms with van der Waals surface area (Å²) in [6.07, 6.45) is 1.60. The van der Waals surface area contributed by atoms with Crippen LogP contribution < -0.4 is 14.8 Å². The van der Waals surface area contributed by atoms with Crippen molar-refractivity contribution in [3.63, 3.8) is 0 Å². The Kier molecular flexibility index (Phi) is 7.17. The molecular formula is C25H27N3O5. The zero-order chi connectivity index (χ0) is 24.1. The first kappa shape index (κ1) is 23.6. The Balaban J connectivity index is 2.30. The molecule has 0 unspecified atom stereocenters. The van der Waals surface area contributed by atoms with Crippen molar-refractivity contribution in [2.24, 2.45) is 0 Å². The number of benzene rings is 2. The number of aromatic nitrogens is 2. The van der Waals surface area contributed by atoms with Gasteiger partial charge in [0, 0.05) is 17.7 Å². The average molecular weight is 450 g/mol. The lowest BCUT2D eigenvalue weighted by atomic mass is 9.88. The van der Waals surface area contributed by atoms with Gasteiger partial charge in [-0.15, -0.1) is 6.58 Å². The third kappa shape index (κ3) is 4.59. The molecular weight excluding hydrogens is 422 g/mol. The molecule has 1 aromatic heterocycles. The second kappa shape index (κ2) is 10.0. The highest BCUT2D eigenvalue weighted by Crippen LogP contribution is 2.44. The topological polar surface area (TPSA) is 114 Å². The van der Waals surface area contributed by atoms with Crippen molar-refractivity contribution in [3.05, 3.63) is 65.9 Å². The van der Waals surface area contributed by atoms with E-state index in [1.54, 1.807) is 42.5 Å². The van der Waals surface area contributed by atoms with Crippen LogP contribution in [0.4, 0.5) is 0 Å². The molecule has 0 radical (unpaired) electrons. The number of carboxylic acid groups (broad SMARTS) is 1. The molecule has 172 valence electrons. The molecule has 0 fully saturated rings. The minimum absolute atomic E-state index is 0.00360. The van der Waals surface area contributed by atoms with Gasteiger partial charge in [0.05, 0.1) is 25.5 Å². The molecule has 0 aliphatic heterocycles. The number of hydrogen-bond donors (Lipinski definition) is 3. The molecule has 0 atom stereocenters. The molecule has 0 bridgehead atoms. The summed E-state index contributed by atoms with van der Waals surface area (Å²) in [5, 5.41) is 19.6. The molecule has 3 aromatic rings. The third-order valence-electron chi connectivity index (χ3n) is 5.26. The van der Waals surface area contributed by atoms with Crippen LogP contribution in [0.3, 0.4) is 0 Å². The fourth-order valence-electron chi connectivity index (χ4n) is 3.71. The van der Waals surface area contributed by atoms with Gasteiger partial charge in [-0.2, -0.15) is 5.10 Å². The van der Waals surface area contributed by atoms with Crippen molar-refractivity contribution < 1.29 is 24.2 Å². The number of aromatic carboxylic acids is 1. The smallest absolute Gasteiger partial charge is 0.357 e. The van der Waals surface area contributed by atoms with Crippen LogP contribution in [0.15, 0.2) is 49.1 Å². The van der Waals surface area contributed by atoms with E-state index < -0.39 is 5.97 Å². The molecule has 0 spiro atoms. The molecule has 8 heteroatoms. The molecule has 33 heavy (non-hydrogen) atoms. The van der Waals surface area contributed by atoms with E-state index in [0.29, 0.717) is 46.0 Å². The van der Waals surface area contributed by atoms with Gasteiger partial charge in [0.15, 0.2) is 5.69 Å². The highest BCUT2D eigenvalue weighted by atomic mass is 16.5. The van der Waals surface area contributed by atoms with Gasteiger partial charge in [0.1, 0.15) is 11.5 Å². The van der Waals surface area contributed by atoms with E-state index in [9.17, 15) is 14.7 Å². The van der Waals surface area contributed by atoms with Crippen molar-refractivity contribution in [1.82, 2.24) is 15.5 Å². The van der Waals surface area contributed by atoms with E-state index in [1.807, 2.05) is 13.8 Å². The predicted molar refractivity (Wildman–Crippen MR) is 126 cm³/mol. The number of carboxylic acids is 1. The van der Waals surface area contributed by atoms with Crippen molar-refractivity contribution >= 4 is 11.9 Å². The van der Waals surface area contributed by atoms with Crippen LogP contribution in [-0.4, -0.2) is 47.9 Å². The fourth-order valence-corrected chi connectivity index (χ4v) is 3.71. The highest BCUT2D eigenvalue weighted by Gasteiger charge is 2.28. The molecule has 2 aromatic carbocycles. The van der Waals surface area contributed by atoms with Crippen molar-refractivity contribution in [3.8, 4) is 33.9 Å². The van der Waals surface area contributed by atoms with Gasteiger partial charge in [0.25, 0.3) is 5.91 Å². The molecule has 8 nitrogen and oxygen atoms in total. The van der Waals surface area contributed by atoms with E-state index >= 15 is 0 Å². The number of amides is 1. The first-order chi connectivity index (χ1) is 15.8. The number of rotatable bonds is 9. The van der Waals surface area contributed by atoms with Crippen LogP contribution in [0.2, 0.25) is 0 Å². The maximum atomic E-state index is 12.5. The molecule has 0 aliphatic rings. The SMILES string of the molecule is C=CCNC(=O)c1ccc(-c2c(C(=O)O)n[nH]c2-c2c(OC)cccc2OC)c(C(C)C)c1. The summed E-state index contributed by atoms with van der Waals surface area (Å²) in [4.78, 5) is 24.6. The number of aromatic amines is 1. The minimum atomic E-state index is -1.18. The average Bonchev–Trinajstić information content (AvgIpc) is 3.26. The van der Waals surface area contributed by atoms with Gasteiger partial charge in [-0.25, -0.2) is 4.79 Å². The Morgan fingerprint density at radius 1 is 1.15 bits per heavy atom. The lowest BCUT2D eigenvalue weighted by Gasteiger charge is -2.17. The van der Waals surface area contributed by atoms with E-state index in [0.717, 1.165) is 5.56 Å². The van der Waals surface area contributed by atoms with Crippen molar-refractivity contribution in [2.45, 2.75) is 19.8 Å². The number of hydrogen-bond acceptors (Lipinski definition) is 5. The maximum absolute atomic E-state index is 12.5. The van der Waals surface area contributed by atoms with Gasteiger partial charge in [-0.1, -0.05) is 32.1 Å². The lowest BCUT2D eigenvalue weighted by Crippen LogP contribution is -2.23. The number of nitrogens with one attached hydrogen (secondary N) is 2. The second-order valence-electron chi connectivity index (χ2n) is 7.62. The minimum Gasteiger partial charge on any atom is -0.496 e. The third-order valence-corrected chi connectivity index (χ3v) is 5.26. The molecule has 0 saturated carbocycles. The molecule has 3 rings (SSSR count). The molecule has 1 amide bonds. The molecule has 0 saturated heterocycles. The number of ether oxygens (including phenoxy) is 2. The van der Waals surface area contributed by atoms with Crippen molar-refractivity contribution in [1.29, 1.82) is 0 Å². The Morgan fingerprint density at radius 3 is 2.36 bits per heavy atom. The highest BCUT2D eigenvalue weighted by molar-refractivity contribution is 6.02. The maximum Gasteiger partial charge on any atom is 0.357 e. The number of carbonyl (C=O) groups is 2. The van der Waals surface area contributed by atoms with Crippen LogP contribution in [-0.2, 0) is 0 Å². The summed E-state index contributed by atoms with van der Waals surface area (Å²) in [5.74, 6) is -0.411. The van der Waals surface area contributed by atoms with Gasteiger partial charge in [-0.05, 0) is 41.3 Å². The number of nitrogens with zero attached hydrogens (tertiary/aromatic N) is 1. The second-order valence-corrected chi connectivity index (χ2v) is 7.62. The first-order valence-corrected chi connectivity index (χ1v) is 10.4. The summed E-state index contributed by atoms with van der Waals surface area (Å²) in [5.41, 5.74) is 3.20. The van der Waals surface area contributed by atoms with Crippen LogP contribution in [0.1, 0.15) is 46.2 Å². The lowest BCUT2D eigenvalue weighted by molar-refractivity contribution is 0.0691.